The monoisotopic (exact) mass is 580 g/mol. The predicted molar refractivity (Wildman–Crippen MR) is 142 cm³/mol. The first-order valence-corrected chi connectivity index (χ1v) is 12.8. The molecule has 41 heavy (non-hydrogen) atoms. The highest BCUT2D eigenvalue weighted by Crippen LogP contribution is 2.43. The van der Waals surface area contributed by atoms with Gasteiger partial charge in [-0.05, 0) is 42.3 Å². The van der Waals surface area contributed by atoms with Crippen LogP contribution in [0.4, 0.5) is 17.6 Å². The van der Waals surface area contributed by atoms with Crippen LogP contribution in [0.25, 0.3) is 0 Å². The van der Waals surface area contributed by atoms with Crippen molar-refractivity contribution < 1.29 is 46.5 Å². The van der Waals surface area contributed by atoms with Crippen LogP contribution in [0.2, 0.25) is 0 Å². The van der Waals surface area contributed by atoms with E-state index in [0.717, 1.165) is 19.2 Å². The van der Waals surface area contributed by atoms with Gasteiger partial charge in [0.25, 0.3) is 0 Å². The van der Waals surface area contributed by atoms with Crippen LogP contribution in [-0.4, -0.2) is 61.3 Å². The van der Waals surface area contributed by atoms with Crippen molar-refractivity contribution in [1.29, 1.82) is 0 Å². The molecule has 0 radical (unpaired) electrons. The third-order valence-electron chi connectivity index (χ3n) is 6.29. The Labute approximate surface area is 235 Å². The molecule has 0 amide bonds. The Morgan fingerprint density at radius 1 is 1.12 bits per heavy atom. The minimum Gasteiger partial charge on any atom is -0.491 e. The van der Waals surface area contributed by atoms with E-state index >= 15 is 0 Å². The number of halogens is 4. The van der Waals surface area contributed by atoms with Crippen LogP contribution in [0.15, 0.2) is 64.8 Å². The third kappa shape index (κ3) is 8.37. The van der Waals surface area contributed by atoms with E-state index in [4.69, 9.17) is 9.47 Å². The summed E-state index contributed by atoms with van der Waals surface area (Å²) < 4.78 is 71.6. The Bertz CT molecular complexity index is 1290. The molecule has 2 aromatic carbocycles. The van der Waals surface area contributed by atoms with Gasteiger partial charge in [0, 0.05) is 24.2 Å². The number of benzene rings is 2. The van der Waals surface area contributed by atoms with Gasteiger partial charge in [0.1, 0.15) is 42.5 Å². The molecule has 8 nitrogen and oxygen atoms in total. The van der Waals surface area contributed by atoms with Crippen molar-refractivity contribution in [2.45, 2.75) is 51.6 Å². The van der Waals surface area contributed by atoms with Crippen LogP contribution in [-0.2, 0) is 25.7 Å². The summed E-state index contributed by atoms with van der Waals surface area (Å²) in [7, 11) is 0.915. The van der Waals surface area contributed by atoms with Gasteiger partial charge in [-0.25, -0.2) is 9.18 Å². The number of nitrogens with one attached hydrogen (secondary N) is 1. The van der Waals surface area contributed by atoms with Gasteiger partial charge in [0.15, 0.2) is 0 Å². The first-order valence-electron chi connectivity index (χ1n) is 12.8. The zero-order valence-electron chi connectivity index (χ0n) is 23.0. The fourth-order valence-corrected chi connectivity index (χ4v) is 4.34. The second kappa shape index (κ2) is 13.7. The highest BCUT2D eigenvalue weighted by atomic mass is 19.4. The molecule has 2 N–H and O–H groups in total. The van der Waals surface area contributed by atoms with Crippen molar-refractivity contribution in [2.24, 2.45) is 10.9 Å². The Morgan fingerprint density at radius 3 is 2.39 bits per heavy atom. The molecule has 3 rings (SSSR count). The number of esters is 2. The maximum absolute atomic E-state index is 14.1. The number of hydrogen-bond acceptors (Lipinski definition) is 8. The summed E-state index contributed by atoms with van der Waals surface area (Å²) in [5.74, 6) is -6.22. The number of rotatable bonds is 11. The molecule has 0 saturated heterocycles. The van der Waals surface area contributed by atoms with Gasteiger partial charge in [-0.1, -0.05) is 38.1 Å². The number of hydrogen-bond donors (Lipinski definition) is 2. The van der Waals surface area contributed by atoms with E-state index in [2.05, 4.69) is 15.0 Å². The van der Waals surface area contributed by atoms with E-state index in [1.807, 2.05) is 13.8 Å². The van der Waals surface area contributed by atoms with E-state index < -0.39 is 47.6 Å². The first-order chi connectivity index (χ1) is 19.3. The molecular weight excluding hydrogens is 548 g/mol. The fourth-order valence-electron chi connectivity index (χ4n) is 4.34. The van der Waals surface area contributed by atoms with Gasteiger partial charge >= 0.3 is 18.1 Å². The van der Waals surface area contributed by atoms with Crippen LogP contribution in [0.3, 0.4) is 0 Å². The zero-order valence-corrected chi connectivity index (χ0v) is 23.0. The van der Waals surface area contributed by atoms with Gasteiger partial charge in [-0.15, -0.1) is 0 Å². The Hall–Kier alpha value is -3.77. The number of nitrogens with zero attached hydrogens (tertiary/aromatic N) is 1. The standard InChI is InChI=1S/C29H32F4N2O6/c1-16(2)34-13-21(36)15-40-22-10-8-18(9-11-22)14-41-28(38)23-17(3)35-26(29(31,32)33)25(27(37)39-4)24(23)19-6-5-7-20(30)12-19/h5-12,16,21,24-25,34,36H,13-15H2,1-4H3. The van der Waals surface area contributed by atoms with Gasteiger partial charge < -0.3 is 24.6 Å². The van der Waals surface area contributed by atoms with Crippen molar-refractivity contribution in [3.8, 4) is 5.75 Å². The molecule has 0 aliphatic carbocycles. The minimum absolute atomic E-state index is 0.0457. The molecule has 222 valence electrons. The Morgan fingerprint density at radius 2 is 1.80 bits per heavy atom. The maximum atomic E-state index is 14.1. The molecule has 3 atom stereocenters. The number of aliphatic imine (C=N–C) groups is 1. The lowest BCUT2D eigenvalue weighted by atomic mass is 9.75. The molecule has 3 unspecified atom stereocenters. The molecule has 1 heterocycles. The summed E-state index contributed by atoms with van der Waals surface area (Å²) in [6.45, 7) is 5.27. The number of ether oxygens (including phenoxy) is 3. The van der Waals surface area contributed by atoms with Crippen LogP contribution in [0.1, 0.15) is 37.8 Å². The molecular formula is C29H32F4N2O6. The summed E-state index contributed by atoms with van der Waals surface area (Å²) >= 11 is 0. The molecule has 1 aliphatic rings. The molecule has 2 aromatic rings. The lowest BCUT2D eigenvalue weighted by molar-refractivity contribution is -0.146. The molecule has 0 aromatic heterocycles. The highest BCUT2D eigenvalue weighted by Gasteiger charge is 2.52. The number of alkyl halides is 3. The van der Waals surface area contributed by atoms with Gasteiger partial charge in [-0.2, -0.15) is 13.2 Å². The highest BCUT2D eigenvalue weighted by molar-refractivity contribution is 6.10. The average molecular weight is 581 g/mol. The van der Waals surface area contributed by atoms with Crippen molar-refractivity contribution in [3.63, 3.8) is 0 Å². The summed E-state index contributed by atoms with van der Waals surface area (Å²) in [6, 6.07) is 11.3. The number of carbonyl (C=O) groups is 2. The third-order valence-corrected chi connectivity index (χ3v) is 6.29. The van der Waals surface area contributed by atoms with E-state index in [1.54, 1.807) is 24.3 Å². The largest absolute Gasteiger partial charge is 0.491 e. The first kappa shape index (κ1) is 31.8. The van der Waals surface area contributed by atoms with Crippen LogP contribution in [0.5, 0.6) is 5.75 Å². The van der Waals surface area contributed by atoms with Gasteiger partial charge in [0.05, 0.1) is 12.7 Å². The minimum atomic E-state index is -5.02. The number of aliphatic hydroxyl groups is 1. The molecule has 0 bridgehead atoms. The van der Waals surface area contributed by atoms with Crippen LogP contribution < -0.4 is 10.1 Å². The van der Waals surface area contributed by atoms with E-state index in [0.29, 0.717) is 17.9 Å². The molecule has 0 fully saturated rings. The Balaban J connectivity index is 1.82. The second-order valence-electron chi connectivity index (χ2n) is 9.78. The van der Waals surface area contributed by atoms with E-state index in [9.17, 15) is 32.3 Å². The van der Waals surface area contributed by atoms with E-state index in [-0.39, 0.29) is 36.1 Å². The molecule has 12 heteroatoms. The van der Waals surface area contributed by atoms with Crippen molar-refractivity contribution in [3.05, 3.63) is 76.7 Å². The number of methoxy groups -OCH3 is 1. The normalized spacial score (nSPS) is 18.1. The zero-order chi connectivity index (χ0) is 30.3. The number of carbonyl (C=O) groups excluding carboxylic acids is 2. The average Bonchev–Trinajstić information content (AvgIpc) is 2.92. The van der Waals surface area contributed by atoms with E-state index in [1.165, 1.54) is 19.1 Å². The topological polar surface area (TPSA) is 106 Å². The van der Waals surface area contributed by atoms with Gasteiger partial charge in [-0.3, -0.25) is 9.79 Å². The van der Waals surface area contributed by atoms with Gasteiger partial charge in [0.2, 0.25) is 0 Å². The smallest absolute Gasteiger partial charge is 0.430 e. The fraction of sp³-hybridized carbons (Fsp3) is 0.414. The Kier molecular flexibility index (Phi) is 10.6. The summed E-state index contributed by atoms with van der Waals surface area (Å²) in [5.41, 5.74) is -1.59. The molecule has 1 aliphatic heterocycles. The summed E-state index contributed by atoms with van der Waals surface area (Å²) in [5, 5.41) is 13.1. The summed E-state index contributed by atoms with van der Waals surface area (Å²) in [4.78, 5) is 29.5. The van der Waals surface area contributed by atoms with Crippen LogP contribution >= 0.6 is 0 Å². The number of aliphatic hydroxyl groups excluding tert-OH is 1. The summed E-state index contributed by atoms with van der Waals surface area (Å²) in [6.07, 6.45) is -5.74. The molecule has 0 saturated carbocycles. The molecule has 0 spiro atoms. The van der Waals surface area contributed by atoms with Crippen LogP contribution in [0, 0.1) is 11.7 Å². The van der Waals surface area contributed by atoms with Crippen molar-refractivity contribution >= 4 is 17.7 Å². The maximum Gasteiger partial charge on any atom is 0.430 e. The number of allylic oxidation sites excluding steroid dienone is 1. The quantitative estimate of drug-likeness (QED) is 0.299. The predicted octanol–water partition coefficient (Wildman–Crippen LogP) is 4.47. The SMILES string of the molecule is COC(=O)C1C(C(F)(F)F)=NC(C)=C(C(=O)OCc2ccc(OCC(O)CNC(C)C)cc2)C1c1cccc(F)c1. The lowest BCUT2D eigenvalue weighted by Gasteiger charge is -2.33. The lowest BCUT2D eigenvalue weighted by Crippen LogP contribution is -2.43. The van der Waals surface area contributed by atoms with Crippen molar-refractivity contribution in [1.82, 2.24) is 5.32 Å². The second-order valence-corrected chi connectivity index (χ2v) is 9.78. The van der Waals surface area contributed by atoms with Crippen molar-refractivity contribution in [2.75, 3.05) is 20.3 Å².